The molecular weight excluding hydrogens is 308 g/mol. The van der Waals surface area contributed by atoms with Gasteiger partial charge in [-0.25, -0.2) is 0 Å². The number of fused-ring (bicyclic) bond motifs is 1. The smallest absolute Gasteiger partial charge is 0.126 e. The van der Waals surface area contributed by atoms with Crippen molar-refractivity contribution in [1.82, 2.24) is 9.80 Å². The summed E-state index contributed by atoms with van der Waals surface area (Å²) in [5, 5.41) is 0. The SMILES string of the molecule is COc1ccccc1C=CCN1CCC[C@@H]2CN(CC(C)C)CC[C@@H]21. The summed E-state index contributed by atoms with van der Waals surface area (Å²) in [6.07, 6.45) is 8.63. The Bertz CT molecular complexity index is 569. The molecular formula is C22H34N2O. The van der Waals surface area contributed by atoms with E-state index in [1.165, 1.54) is 51.0 Å². The van der Waals surface area contributed by atoms with Crippen LogP contribution in [0.3, 0.4) is 0 Å². The Labute approximate surface area is 153 Å². The Morgan fingerprint density at radius 2 is 2.04 bits per heavy atom. The molecule has 1 aromatic carbocycles. The number of para-hydroxylation sites is 1. The van der Waals surface area contributed by atoms with E-state index in [0.717, 1.165) is 30.2 Å². The summed E-state index contributed by atoms with van der Waals surface area (Å²) < 4.78 is 5.45. The van der Waals surface area contributed by atoms with Gasteiger partial charge in [0.05, 0.1) is 7.11 Å². The minimum Gasteiger partial charge on any atom is -0.496 e. The second-order valence-electron chi connectivity index (χ2n) is 8.05. The van der Waals surface area contributed by atoms with E-state index >= 15 is 0 Å². The summed E-state index contributed by atoms with van der Waals surface area (Å²) >= 11 is 0. The molecule has 2 atom stereocenters. The molecule has 25 heavy (non-hydrogen) atoms. The highest BCUT2D eigenvalue weighted by molar-refractivity contribution is 5.57. The highest BCUT2D eigenvalue weighted by Crippen LogP contribution is 2.31. The average molecular weight is 343 g/mol. The standard InChI is InChI=1S/C22H34N2O/c1-18(2)16-23-15-12-21-20(17-23)10-7-14-24(21)13-6-9-19-8-4-5-11-22(19)25-3/h4-6,8-9,11,18,20-21H,7,10,12-17H2,1-3H3/t20-,21+/m1/s1. The number of ether oxygens (including phenoxy) is 1. The van der Waals surface area contributed by atoms with E-state index < -0.39 is 0 Å². The lowest BCUT2D eigenvalue weighted by Crippen LogP contribution is -2.54. The first kappa shape index (κ1) is 18.5. The number of benzene rings is 1. The summed E-state index contributed by atoms with van der Waals surface area (Å²) in [6, 6.07) is 9.03. The number of rotatable bonds is 6. The average Bonchev–Trinajstić information content (AvgIpc) is 2.61. The van der Waals surface area contributed by atoms with Crippen LogP contribution in [0.5, 0.6) is 5.75 Å². The number of likely N-dealkylation sites (tertiary alicyclic amines) is 2. The first-order valence-corrected chi connectivity index (χ1v) is 9.93. The van der Waals surface area contributed by atoms with Crippen LogP contribution in [0.25, 0.3) is 6.08 Å². The van der Waals surface area contributed by atoms with Gasteiger partial charge in [-0.15, -0.1) is 0 Å². The fourth-order valence-electron chi connectivity index (χ4n) is 4.61. The Morgan fingerprint density at radius 3 is 2.84 bits per heavy atom. The molecule has 0 unspecified atom stereocenters. The van der Waals surface area contributed by atoms with Gasteiger partial charge in [0.25, 0.3) is 0 Å². The third kappa shape index (κ3) is 4.86. The van der Waals surface area contributed by atoms with Gasteiger partial charge in [0.1, 0.15) is 5.75 Å². The van der Waals surface area contributed by atoms with Crippen molar-refractivity contribution in [2.24, 2.45) is 11.8 Å². The lowest BCUT2D eigenvalue weighted by atomic mass is 9.83. The molecule has 3 heteroatoms. The van der Waals surface area contributed by atoms with Crippen molar-refractivity contribution in [3.63, 3.8) is 0 Å². The number of piperidine rings is 2. The molecule has 138 valence electrons. The van der Waals surface area contributed by atoms with Gasteiger partial charge in [-0.3, -0.25) is 4.90 Å². The quantitative estimate of drug-likeness (QED) is 0.772. The third-order valence-corrected chi connectivity index (χ3v) is 5.67. The van der Waals surface area contributed by atoms with Gasteiger partial charge in [0.15, 0.2) is 0 Å². The monoisotopic (exact) mass is 342 g/mol. The zero-order chi connectivity index (χ0) is 17.6. The van der Waals surface area contributed by atoms with Crippen molar-refractivity contribution in [2.75, 3.05) is 39.8 Å². The van der Waals surface area contributed by atoms with Crippen LogP contribution in [0.15, 0.2) is 30.3 Å². The maximum atomic E-state index is 5.45. The van der Waals surface area contributed by atoms with Crippen molar-refractivity contribution >= 4 is 6.08 Å². The molecule has 2 aliphatic rings. The van der Waals surface area contributed by atoms with E-state index in [1.807, 2.05) is 12.1 Å². The fraction of sp³-hybridized carbons (Fsp3) is 0.636. The topological polar surface area (TPSA) is 15.7 Å². The molecule has 0 N–H and O–H groups in total. The number of nitrogens with zero attached hydrogens (tertiary/aromatic N) is 2. The summed E-state index contributed by atoms with van der Waals surface area (Å²) in [7, 11) is 1.74. The zero-order valence-electron chi connectivity index (χ0n) is 16.2. The summed E-state index contributed by atoms with van der Waals surface area (Å²) in [5.74, 6) is 2.60. The van der Waals surface area contributed by atoms with Crippen LogP contribution in [0.1, 0.15) is 38.7 Å². The third-order valence-electron chi connectivity index (χ3n) is 5.67. The van der Waals surface area contributed by atoms with Crippen LogP contribution < -0.4 is 4.74 Å². The van der Waals surface area contributed by atoms with Crippen molar-refractivity contribution < 1.29 is 4.74 Å². The lowest BCUT2D eigenvalue weighted by Gasteiger charge is -2.47. The Balaban J connectivity index is 1.57. The predicted molar refractivity (Wildman–Crippen MR) is 106 cm³/mol. The molecule has 0 amide bonds. The summed E-state index contributed by atoms with van der Waals surface area (Å²) in [4.78, 5) is 5.41. The molecule has 0 aliphatic carbocycles. The largest absolute Gasteiger partial charge is 0.496 e. The van der Waals surface area contributed by atoms with E-state index in [2.05, 4.69) is 47.9 Å². The second kappa shape index (κ2) is 8.86. The van der Waals surface area contributed by atoms with Crippen LogP contribution in [0.4, 0.5) is 0 Å². The predicted octanol–water partition coefficient (Wildman–Crippen LogP) is 4.15. The maximum Gasteiger partial charge on any atom is 0.126 e. The molecule has 2 heterocycles. The van der Waals surface area contributed by atoms with Crippen molar-refractivity contribution in [1.29, 1.82) is 0 Å². The molecule has 0 radical (unpaired) electrons. The van der Waals surface area contributed by atoms with Crippen molar-refractivity contribution in [2.45, 2.75) is 39.2 Å². The molecule has 3 rings (SSSR count). The van der Waals surface area contributed by atoms with Crippen LogP contribution in [0, 0.1) is 11.8 Å². The van der Waals surface area contributed by atoms with Crippen LogP contribution >= 0.6 is 0 Å². The van der Waals surface area contributed by atoms with E-state index in [4.69, 9.17) is 4.74 Å². The maximum absolute atomic E-state index is 5.45. The number of methoxy groups -OCH3 is 1. The van der Waals surface area contributed by atoms with E-state index in [-0.39, 0.29) is 0 Å². The molecule has 0 aromatic heterocycles. The molecule has 2 aliphatic heterocycles. The molecule has 3 nitrogen and oxygen atoms in total. The molecule has 1 aromatic rings. The van der Waals surface area contributed by atoms with Crippen molar-refractivity contribution in [3.8, 4) is 5.75 Å². The van der Waals surface area contributed by atoms with Gasteiger partial charge in [-0.2, -0.15) is 0 Å². The zero-order valence-corrected chi connectivity index (χ0v) is 16.2. The first-order chi connectivity index (χ1) is 12.2. The van der Waals surface area contributed by atoms with E-state index in [9.17, 15) is 0 Å². The minimum absolute atomic E-state index is 0.777. The normalized spacial score (nSPS) is 25.4. The molecule has 0 saturated carbocycles. The van der Waals surface area contributed by atoms with Gasteiger partial charge in [0, 0.05) is 31.2 Å². The summed E-state index contributed by atoms with van der Waals surface area (Å²) in [5.41, 5.74) is 1.17. The Kier molecular flexibility index (Phi) is 6.55. The second-order valence-corrected chi connectivity index (χ2v) is 8.05. The van der Waals surface area contributed by atoms with E-state index in [1.54, 1.807) is 7.11 Å². The fourth-order valence-corrected chi connectivity index (χ4v) is 4.61. The summed E-state index contributed by atoms with van der Waals surface area (Å²) in [6.45, 7) is 10.8. The molecule has 0 spiro atoms. The Morgan fingerprint density at radius 1 is 1.20 bits per heavy atom. The van der Waals surface area contributed by atoms with Gasteiger partial charge in [-0.05, 0) is 50.3 Å². The van der Waals surface area contributed by atoms with Gasteiger partial charge in [0.2, 0.25) is 0 Å². The first-order valence-electron chi connectivity index (χ1n) is 9.93. The van der Waals surface area contributed by atoms with Crippen molar-refractivity contribution in [3.05, 3.63) is 35.9 Å². The highest BCUT2D eigenvalue weighted by Gasteiger charge is 2.35. The molecule has 2 fully saturated rings. The van der Waals surface area contributed by atoms with Gasteiger partial charge >= 0.3 is 0 Å². The molecule has 2 saturated heterocycles. The lowest BCUT2D eigenvalue weighted by molar-refractivity contribution is 0.0261. The number of hydrogen-bond acceptors (Lipinski definition) is 3. The number of hydrogen-bond donors (Lipinski definition) is 0. The van der Waals surface area contributed by atoms with Gasteiger partial charge < -0.3 is 9.64 Å². The Hall–Kier alpha value is -1.32. The van der Waals surface area contributed by atoms with Crippen LogP contribution in [0.2, 0.25) is 0 Å². The highest BCUT2D eigenvalue weighted by atomic mass is 16.5. The van der Waals surface area contributed by atoms with Gasteiger partial charge in [-0.1, -0.05) is 44.2 Å². The molecule has 0 bridgehead atoms. The van der Waals surface area contributed by atoms with Crippen LogP contribution in [-0.2, 0) is 0 Å². The van der Waals surface area contributed by atoms with Crippen LogP contribution in [-0.4, -0.2) is 55.7 Å². The van der Waals surface area contributed by atoms with E-state index in [0.29, 0.717) is 0 Å². The minimum atomic E-state index is 0.777.